The van der Waals surface area contributed by atoms with E-state index in [2.05, 4.69) is 41.9 Å². The van der Waals surface area contributed by atoms with Crippen molar-refractivity contribution in [3.8, 4) is 39.5 Å². The highest BCUT2D eigenvalue weighted by Crippen LogP contribution is 2.34. The number of ether oxygens (including phenoxy) is 1. The minimum absolute atomic E-state index is 0.0841. The van der Waals surface area contributed by atoms with Gasteiger partial charge in [0.05, 0.1) is 7.11 Å². The van der Waals surface area contributed by atoms with Crippen LogP contribution in [-0.4, -0.2) is 23.3 Å². The molecule has 4 rings (SSSR count). The molecule has 0 aliphatic carbocycles. The van der Waals surface area contributed by atoms with Gasteiger partial charge in [-0.3, -0.25) is 0 Å². The number of aromatic nitrogens is 1. The van der Waals surface area contributed by atoms with Crippen LogP contribution >= 0.6 is 11.3 Å². The quantitative estimate of drug-likeness (QED) is 0.431. The van der Waals surface area contributed by atoms with Gasteiger partial charge in [-0.15, -0.1) is 0 Å². The predicted octanol–water partition coefficient (Wildman–Crippen LogP) is 5.85. The van der Waals surface area contributed by atoms with Gasteiger partial charge in [0.25, 0.3) is 0 Å². The van der Waals surface area contributed by atoms with E-state index in [0.29, 0.717) is 17.0 Å². The first-order chi connectivity index (χ1) is 14.0. The number of carbonyl (C=O) groups is 1. The molecule has 29 heavy (non-hydrogen) atoms. The van der Waals surface area contributed by atoms with Crippen molar-refractivity contribution in [3.63, 3.8) is 0 Å². The van der Waals surface area contributed by atoms with Crippen molar-refractivity contribution < 1.29 is 19.2 Å². The second kappa shape index (κ2) is 7.56. The molecular formula is C23H19NO4S. The van der Waals surface area contributed by atoms with Crippen LogP contribution in [0.1, 0.15) is 21.5 Å². The topological polar surface area (TPSA) is 72.6 Å². The largest absolute Gasteiger partial charge is 0.507 e. The van der Waals surface area contributed by atoms with E-state index >= 15 is 0 Å². The van der Waals surface area contributed by atoms with Crippen LogP contribution in [0.2, 0.25) is 0 Å². The molecule has 0 radical (unpaired) electrons. The molecule has 146 valence electrons. The van der Waals surface area contributed by atoms with Crippen molar-refractivity contribution in [2.24, 2.45) is 0 Å². The van der Waals surface area contributed by atoms with Gasteiger partial charge in [-0.2, -0.15) is 11.3 Å². The number of phenolic OH excluding ortho intramolecular Hbond substituents is 1. The lowest BCUT2D eigenvalue weighted by molar-refractivity contribution is 0.0597. The summed E-state index contributed by atoms with van der Waals surface area (Å²) in [5.74, 6) is -0.119. The van der Waals surface area contributed by atoms with Crippen LogP contribution in [0, 0.1) is 13.8 Å². The Balaban J connectivity index is 1.67. The van der Waals surface area contributed by atoms with Gasteiger partial charge in [0.1, 0.15) is 17.0 Å². The Hall–Kier alpha value is -3.38. The molecule has 4 aromatic rings. The van der Waals surface area contributed by atoms with Gasteiger partial charge in [0, 0.05) is 17.2 Å². The molecule has 6 heteroatoms. The number of benzene rings is 2. The first kappa shape index (κ1) is 19.0. The monoisotopic (exact) mass is 405 g/mol. The molecular weight excluding hydrogens is 386 g/mol. The maximum absolute atomic E-state index is 11.8. The summed E-state index contributed by atoms with van der Waals surface area (Å²) in [6.45, 7) is 4.19. The van der Waals surface area contributed by atoms with Crippen molar-refractivity contribution in [3.05, 3.63) is 69.9 Å². The van der Waals surface area contributed by atoms with E-state index in [0.717, 1.165) is 11.1 Å². The number of rotatable bonds is 4. The fourth-order valence-corrected chi connectivity index (χ4v) is 4.12. The second-order valence-corrected chi connectivity index (χ2v) is 7.54. The number of hydrogen-bond donors (Lipinski definition) is 1. The minimum atomic E-state index is -0.608. The Morgan fingerprint density at radius 1 is 1.00 bits per heavy atom. The van der Waals surface area contributed by atoms with E-state index in [1.54, 1.807) is 17.4 Å². The molecule has 0 saturated carbocycles. The molecule has 0 amide bonds. The van der Waals surface area contributed by atoms with E-state index in [-0.39, 0.29) is 11.3 Å². The van der Waals surface area contributed by atoms with Gasteiger partial charge in [-0.25, -0.2) is 4.79 Å². The number of carbonyl (C=O) groups excluding carboxylic acids is 1. The van der Waals surface area contributed by atoms with Crippen LogP contribution in [0.4, 0.5) is 0 Å². The highest BCUT2D eigenvalue weighted by molar-refractivity contribution is 7.08. The Morgan fingerprint density at radius 2 is 1.79 bits per heavy atom. The third-order valence-corrected chi connectivity index (χ3v) is 5.73. The van der Waals surface area contributed by atoms with Crippen molar-refractivity contribution >= 4 is 17.3 Å². The van der Waals surface area contributed by atoms with Gasteiger partial charge in [-0.1, -0.05) is 17.3 Å². The Bertz CT molecular complexity index is 1210. The standard InChI is InChI=1S/C23H19NO4S/c1-13-8-16(4-6-17(13)19-12-29-11-14(19)2)22-10-20(24-28-22)15-5-7-21(25)18(9-15)23(26)27-3/h4-12,25H,1-3H3. The van der Waals surface area contributed by atoms with Crippen LogP contribution in [0.25, 0.3) is 33.7 Å². The van der Waals surface area contributed by atoms with Crippen LogP contribution in [0.5, 0.6) is 5.75 Å². The zero-order valence-corrected chi connectivity index (χ0v) is 17.0. The summed E-state index contributed by atoms with van der Waals surface area (Å²) in [6, 6.07) is 12.7. The molecule has 0 aliphatic heterocycles. The van der Waals surface area contributed by atoms with Crippen LogP contribution < -0.4 is 0 Å². The molecule has 0 unspecified atom stereocenters. The number of aryl methyl sites for hydroxylation is 2. The van der Waals surface area contributed by atoms with Crippen molar-refractivity contribution in [2.45, 2.75) is 13.8 Å². The van der Waals surface area contributed by atoms with E-state index < -0.39 is 5.97 Å². The molecule has 2 aromatic heterocycles. The number of methoxy groups -OCH3 is 1. The van der Waals surface area contributed by atoms with Crippen LogP contribution in [-0.2, 0) is 4.74 Å². The zero-order chi connectivity index (χ0) is 20.5. The maximum Gasteiger partial charge on any atom is 0.341 e. The average Bonchev–Trinajstić information content (AvgIpc) is 3.37. The lowest BCUT2D eigenvalue weighted by Crippen LogP contribution is -2.01. The normalized spacial score (nSPS) is 10.9. The number of thiophene rings is 1. The van der Waals surface area contributed by atoms with E-state index in [4.69, 9.17) is 9.26 Å². The zero-order valence-electron chi connectivity index (χ0n) is 16.2. The van der Waals surface area contributed by atoms with E-state index in [9.17, 15) is 9.90 Å². The van der Waals surface area contributed by atoms with Gasteiger partial charge < -0.3 is 14.4 Å². The Kier molecular flexibility index (Phi) is 4.94. The predicted molar refractivity (Wildman–Crippen MR) is 113 cm³/mol. The molecule has 0 spiro atoms. The molecule has 0 aliphatic rings. The van der Waals surface area contributed by atoms with Gasteiger partial charge in [0.2, 0.25) is 0 Å². The number of esters is 1. The molecule has 2 heterocycles. The second-order valence-electron chi connectivity index (χ2n) is 6.80. The lowest BCUT2D eigenvalue weighted by Gasteiger charge is -2.07. The third-order valence-electron chi connectivity index (χ3n) is 4.86. The molecule has 2 aromatic carbocycles. The summed E-state index contributed by atoms with van der Waals surface area (Å²) >= 11 is 1.70. The molecule has 0 fully saturated rings. The fraction of sp³-hybridized carbons (Fsp3) is 0.130. The minimum Gasteiger partial charge on any atom is -0.507 e. The van der Waals surface area contributed by atoms with Crippen molar-refractivity contribution in [1.29, 1.82) is 0 Å². The summed E-state index contributed by atoms with van der Waals surface area (Å²) < 4.78 is 10.2. The van der Waals surface area contributed by atoms with E-state index in [1.807, 2.05) is 12.1 Å². The molecule has 0 bridgehead atoms. The smallest absolute Gasteiger partial charge is 0.341 e. The highest BCUT2D eigenvalue weighted by Gasteiger charge is 2.16. The highest BCUT2D eigenvalue weighted by atomic mass is 32.1. The summed E-state index contributed by atoms with van der Waals surface area (Å²) in [4.78, 5) is 11.8. The average molecular weight is 405 g/mol. The Labute approximate surface area is 172 Å². The van der Waals surface area contributed by atoms with E-state index in [1.165, 1.54) is 35.9 Å². The first-order valence-corrected chi connectivity index (χ1v) is 9.95. The number of phenols is 1. The van der Waals surface area contributed by atoms with Crippen LogP contribution in [0.3, 0.4) is 0 Å². The summed E-state index contributed by atoms with van der Waals surface area (Å²) in [5.41, 5.74) is 7.10. The van der Waals surface area contributed by atoms with Gasteiger partial charge >= 0.3 is 5.97 Å². The summed E-state index contributed by atoms with van der Waals surface area (Å²) in [7, 11) is 1.27. The molecule has 0 atom stereocenters. The first-order valence-electron chi connectivity index (χ1n) is 9.00. The number of aromatic hydroxyl groups is 1. The molecule has 5 nitrogen and oxygen atoms in total. The van der Waals surface area contributed by atoms with Crippen LogP contribution in [0.15, 0.2) is 57.7 Å². The molecule has 1 N–H and O–H groups in total. The van der Waals surface area contributed by atoms with Gasteiger partial charge in [0.15, 0.2) is 5.76 Å². The summed E-state index contributed by atoms with van der Waals surface area (Å²) in [6.07, 6.45) is 0. The third kappa shape index (κ3) is 3.54. The summed E-state index contributed by atoms with van der Waals surface area (Å²) in [5, 5.41) is 18.3. The number of nitrogens with zero attached hydrogens (tertiary/aromatic N) is 1. The van der Waals surface area contributed by atoms with Gasteiger partial charge in [-0.05, 0) is 71.1 Å². The maximum atomic E-state index is 11.8. The SMILES string of the molecule is COC(=O)c1cc(-c2cc(-c3ccc(-c4cscc4C)c(C)c3)on2)ccc1O. The van der Waals surface area contributed by atoms with Crippen molar-refractivity contribution in [1.82, 2.24) is 5.16 Å². The molecule has 0 saturated heterocycles. The lowest BCUT2D eigenvalue weighted by atomic mass is 9.97. The fourth-order valence-electron chi connectivity index (χ4n) is 3.27. The number of hydrogen-bond acceptors (Lipinski definition) is 6. The van der Waals surface area contributed by atoms with Crippen molar-refractivity contribution in [2.75, 3.05) is 7.11 Å². The Morgan fingerprint density at radius 3 is 2.48 bits per heavy atom.